The molecule has 1 aromatic rings. The summed E-state index contributed by atoms with van der Waals surface area (Å²) in [6.07, 6.45) is 0.625. The summed E-state index contributed by atoms with van der Waals surface area (Å²) >= 11 is 0. The Kier molecular flexibility index (Phi) is 13.7. The lowest BCUT2D eigenvalue weighted by Crippen LogP contribution is -2.44. The van der Waals surface area contributed by atoms with E-state index in [1.54, 1.807) is 7.05 Å². The molecular weight excluding hydrogens is 266 g/mol. The first-order valence-electron chi connectivity index (χ1n) is 7.58. The van der Waals surface area contributed by atoms with Gasteiger partial charge < -0.3 is 15.4 Å². The minimum atomic E-state index is 0.625. The van der Waals surface area contributed by atoms with Gasteiger partial charge in [-0.25, -0.2) is 0 Å². The summed E-state index contributed by atoms with van der Waals surface area (Å²) in [6, 6.07) is 10.00. The average Bonchev–Trinajstić information content (AvgIpc) is 2.59. The van der Waals surface area contributed by atoms with Crippen molar-refractivity contribution >= 4 is 6.41 Å². The maximum atomic E-state index is 9.06. The molecule has 120 valence electrons. The molecule has 1 fully saturated rings. The standard InChI is InChI=1S/C12H18N2O.C2H5NO.C2H6/c1-2-4-12(5-3-1)15-11-10-14-8-6-13-7-9-14;1-3-2-4;1-2/h1-5,13H,6-11H2;2H,1H3,(H,3,4);1-2H3. The highest BCUT2D eigenvalue weighted by atomic mass is 16.5. The summed E-state index contributed by atoms with van der Waals surface area (Å²) in [6.45, 7) is 10.3. The minimum Gasteiger partial charge on any atom is -0.492 e. The lowest BCUT2D eigenvalue weighted by molar-refractivity contribution is -0.109. The van der Waals surface area contributed by atoms with Crippen LogP contribution in [0.15, 0.2) is 30.3 Å². The molecule has 5 nitrogen and oxygen atoms in total. The molecule has 1 aliphatic rings. The first-order chi connectivity index (χ1) is 10.4. The molecule has 0 bridgehead atoms. The summed E-state index contributed by atoms with van der Waals surface area (Å²) in [5.74, 6) is 0.965. The van der Waals surface area contributed by atoms with Crippen molar-refractivity contribution in [1.29, 1.82) is 0 Å². The third-order valence-corrected chi connectivity index (χ3v) is 2.75. The van der Waals surface area contributed by atoms with Crippen molar-refractivity contribution in [3.8, 4) is 5.75 Å². The molecule has 0 radical (unpaired) electrons. The number of rotatable bonds is 5. The molecule has 5 heteroatoms. The molecule has 0 aliphatic carbocycles. The highest BCUT2D eigenvalue weighted by Gasteiger charge is 2.08. The Balaban J connectivity index is 0.000000579. The van der Waals surface area contributed by atoms with Crippen molar-refractivity contribution in [3.05, 3.63) is 30.3 Å². The smallest absolute Gasteiger partial charge is 0.206 e. The van der Waals surface area contributed by atoms with E-state index in [4.69, 9.17) is 9.53 Å². The normalized spacial score (nSPS) is 13.9. The Morgan fingerprint density at radius 3 is 2.33 bits per heavy atom. The number of nitrogens with one attached hydrogen (secondary N) is 2. The van der Waals surface area contributed by atoms with Gasteiger partial charge in [0, 0.05) is 39.8 Å². The van der Waals surface area contributed by atoms with Crippen LogP contribution in [0.1, 0.15) is 13.8 Å². The molecule has 0 aromatic heterocycles. The monoisotopic (exact) mass is 295 g/mol. The van der Waals surface area contributed by atoms with Gasteiger partial charge in [-0.2, -0.15) is 0 Å². The lowest BCUT2D eigenvalue weighted by atomic mass is 10.3. The Hall–Kier alpha value is -1.59. The number of hydrogen-bond acceptors (Lipinski definition) is 4. The zero-order valence-corrected chi connectivity index (χ0v) is 13.5. The van der Waals surface area contributed by atoms with E-state index in [0.717, 1.165) is 45.1 Å². The number of benzene rings is 1. The van der Waals surface area contributed by atoms with E-state index in [1.807, 2.05) is 44.2 Å². The molecule has 1 aromatic carbocycles. The van der Waals surface area contributed by atoms with E-state index in [1.165, 1.54) is 0 Å². The van der Waals surface area contributed by atoms with Crippen LogP contribution in [0.3, 0.4) is 0 Å². The molecular formula is C16H29N3O2. The average molecular weight is 295 g/mol. The van der Waals surface area contributed by atoms with Crippen LogP contribution in [0.2, 0.25) is 0 Å². The first kappa shape index (κ1) is 19.4. The number of hydrogen-bond donors (Lipinski definition) is 2. The van der Waals surface area contributed by atoms with Gasteiger partial charge in [0.05, 0.1) is 0 Å². The van der Waals surface area contributed by atoms with Gasteiger partial charge in [0.15, 0.2) is 0 Å². The lowest BCUT2D eigenvalue weighted by Gasteiger charge is -2.26. The number of ether oxygens (including phenoxy) is 1. The Morgan fingerprint density at radius 2 is 1.81 bits per heavy atom. The zero-order chi connectivity index (χ0) is 15.8. The van der Waals surface area contributed by atoms with Gasteiger partial charge in [-0.05, 0) is 12.1 Å². The van der Waals surface area contributed by atoms with Gasteiger partial charge in [-0.15, -0.1) is 0 Å². The van der Waals surface area contributed by atoms with Crippen LogP contribution in [0.5, 0.6) is 5.75 Å². The number of carbonyl (C=O) groups excluding carboxylic acids is 1. The first-order valence-corrected chi connectivity index (χ1v) is 7.58. The summed E-state index contributed by atoms with van der Waals surface area (Å²) in [5.41, 5.74) is 0. The second-order valence-electron chi connectivity index (χ2n) is 4.16. The largest absolute Gasteiger partial charge is 0.492 e. The van der Waals surface area contributed by atoms with Crippen molar-refractivity contribution in [2.45, 2.75) is 13.8 Å². The molecule has 1 amide bonds. The molecule has 1 saturated heterocycles. The van der Waals surface area contributed by atoms with Crippen LogP contribution in [-0.4, -0.2) is 57.7 Å². The van der Waals surface area contributed by atoms with Crippen molar-refractivity contribution in [2.24, 2.45) is 0 Å². The van der Waals surface area contributed by atoms with Gasteiger partial charge in [0.1, 0.15) is 12.4 Å². The van der Waals surface area contributed by atoms with Gasteiger partial charge in [-0.1, -0.05) is 32.0 Å². The third-order valence-electron chi connectivity index (χ3n) is 2.75. The molecule has 1 heterocycles. The minimum absolute atomic E-state index is 0.625. The van der Waals surface area contributed by atoms with Gasteiger partial charge >= 0.3 is 0 Å². The molecule has 1 aliphatic heterocycles. The molecule has 2 rings (SSSR count). The Bertz CT molecular complexity index is 328. The van der Waals surface area contributed by atoms with Crippen LogP contribution < -0.4 is 15.4 Å². The fraction of sp³-hybridized carbons (Fsp3) is 0.562. The number of amides is 1. The van der Waals surface area contributed by atoms with E-state index < -0.39 is 0 Å². The topological polar surface area (TPSA) is 53.6 Å². The fourth-order valence-electron chi connectivity index (χ4n) is 1.74. The van der Waals surface area contributed by atoms with Gasteiger partial charge in [0.2, 0.25) is 6.41 Å². The Labute approximate surface area is 128 Å². The molecule has 0 saturated carbocycles. The van der Waals surface area contributed by atoms with Crippen LogP contribution in [0.4, 0.5) is 0 Å². The summed E-state index contributed by atoms with van der Waals surface area (Å²) in [7, 11) is 1.56. The van der Waals surface area contributed by atoms with E-state index in [0.29, 0.717) is 6.41 Å². The second kappa shape index (κ2) is 14.8. The van der Waals surface area contributed by atoms with Crippen LogP contribution in [-0.2, 0) is 4.79 Å². The summed E-state index contributed by atoms with van der Waals surface area (Å²) < 4.78 is 5.65. The fourth-order valence-corrected chi connectivity index (χ4v) is 1.74. The number of nitrogens with zero attached hydrogens (tertiary/aromatic N) is 1. The molecule has 0 spiro atoms. The zero-order valence-electron chi connectivity index (χ0n) is 13.5. The number of para-hydroxylation sites is 1. The maximum Gasteiger partial charge on any atom is 0.206 e. The molecule has 0 atom stereocenters. The van der Waals surface area contributed by atoms with E-state index in [9.17, 15) is 0 Å². The molecule has 21 heavy (non-hydrogen) atoms. The predicted octanol–water partition coefficient (Wildman–Crippen LogP) is 1.36. The van der Waals surface area contributed by atoms with Crippen LogP contribution >= 0.6 is 0 Å². The highest BCUT2D eigenvalue weighted by molar-refractivity contribution is 5.44. The maximum absolute atomic E-state index is 9.06. The summed E-state index contributed by atoms with van der Waals surface area (Å²) in [5, 5.41) is 5.59. The van der Waals surface area contributed by atoms with Gasteiger partial charge in [-0.3, -0.25) is 9.69 Å². The number of piperazine rings is 1. The quantitative estimate of drug-likeness (QED) is 0.805. The van der Waals surface area contributed by atoms with Crippen molar-refractivity contribution in [1.82, 2.24) is 15.5 Å². The van der Waals surface area contributed by atoms with E-state index in [-0.39, 0.29) is 0 Å². The second-order valence-corrected chi connectivity index (χ2v) is 4.16. The third kappa shape index (κ3) is 10.8. The van der Waals surface area contributed by atoms with E-state index in [2.05, 4.69) is 15.5 Å². The SMILES string of the molecule is CC.CNC=O.c1ccc(OCCN2CCNCC2)cc1. The summed E-state index contributed by atoms with van der Waals surface area (Å²) in [4.78, 5) is 11.5. The van der Waals surface area contributed by atoms with Crippen molar-refractivity contribution < 1.29 is 9.53 Å². The van der Waals surface area contributed by atoms with Crippen molar-refractivity contribution in [2.75, 3.05) is 46.4 Å². The van der Waals surface area contributed by atoms with Gasteiger partial charge in [0.25, 0.3) is 0 Å². The van der Waals surface area contributed by atoms with Crippen LogP contribution in [0, 0.1) is 0 Å². The van der Waals surface area contributed by atoms with Crippen LogP contribution in [0.25, 0.3) is 0 Å². The Morgan fingerprint density at radius 1 is 1.24 bits per heavy atom. The van der Waals surface area contributed by atoms with E-state index >= 15 is 0 Å². The molecule has 0 unspecified atom stereocenters. The molecule has 2 N–H and O–H groups in total. The predicted molar refractivity (Wildman–Crippen MR) is 87.7 cm³/mol. The van der Waals surface area contributed by atoms with Crippen molar-refractivity contribution in [3.63, 3.8) is 0 Å². The highest BCUT2D eigenvalue weighted by Crippen LogP contribution is 2.07. The number of carbonyl (C=O) groups is 1.